The van der Waals surface area contributed by atoms with Crippen LogP contribution in [0.15, 0.2) is 35.2 Å². The summed E-state index contributed by atoms with van der Waals surface area (Å²) in [4.78, 5) is 37.7. The van der Waals surface area contributed by atoms with Gasteiger partial charge in [-0.1, -0.05) is 24.3 Å². The van der Waals surface area contributed by atoms with Gasteiger partial charge < -0.3 is 4.90 Å². The van der Waals surface area contributed by atoms with Gasteiger partial charge in [-0.2, -0.15) is 0 Å². The van der Waals surface area contributed by atoms with Crippen molar-refractivity contribution < 1.29 is 14.4 Å². The van der Waals surface area contributed by atoms with Crippen molar-refractivity contribution in [1.29, 1.82) is 0 Å². The normalized spacial score (nSPS) is 13.7. The highest BCUT2D eigenvalue weighted by Crippen LogP contribution is 2.28. The monoisotopic (exact) mass is 303 g/mol. The van der Waals surface area contributed by atoms with E-state index < -0.39 is 0 Å². The summed E-state index contributed by atoms with van der Waals surface area (Å²) in [6, 6.07) is 6.86. The van der Waals surface area contributed by atoms with Crippen molar-refractivity contribution in [3.63, 3.8) is 0 Å². The predicted octanol–water partition coefficient (Wildman–Crippen LogP) is 2.55. The zero-order chi connectivity index (χ0) is 15.4. The fraction of sp³-hybridized carbons (Fsp3) is 0.312. The Morgan fingerprint density at radius 1 is 1.14 bits per heavy atom. The number of carbonyl (C=O) groups excluding carboxylic acids is 3. The Morgan fingerprint density at radius 3 is 2.48 bits per heavy atom. The molecule has 0 heterocycles. The van der Waals surface area contributed by atoms with Crippen LogP contribution in [0.5, 0.6) is 0 Å². The first-order chi connectivity index (χ1) is 10.0. The zero-order valence-electron chi connectivity index (χ0n) is 12.1. The van der Waals surface area contributed by atoms with Crippen LogP contribution in [0.3, 0.4) is 0 Å². The van der Waals surface area contributed by atoms with E-state index in [9.17, 15) is 14.4 Å². The molecule has 1 aromatic rings. The molecular weight excluding hydrogens is 286 g/mol. The SMILES string of the molecule is CN(C)C(=O)CCCSC1=CC(=O)c2ccccc2C1=O. The standard InChI is InChI=1S/C16H17NO3S/c1-17(2)15(19)8-5-9-21-14-10-13(18)11-6-3-4-7-12(11)16(14)20/h3-4,6-7,10H,5,8-9H2,1-2H3. The molecule has 1 aliphatic carbocycles. The van der Waals surface area contributed by atoms with Crippen LogP contribution in [0.2, 0.25) is 0 Å². The molecule has 0 aliphatic heterocycles. The first-order valence-corrected chi connectivity index (χ1v) is 7.72. The molecule has 0 unspecified atom stereocenters. The van der Waals surface area contributed by atoms with E-state index in [1.165, 1.54) is 17.8 Å². The molecule has 0 radical (unpaired) electrons. The summed E-state index contributed by atoms with van der Waals surface area (Å²) in [5.74, 6) is 0.485. The number of ketones is 2. The molecule has 0 saturated carbocycles. The van der Waals surface area contributed by atoms with Crippen molar-refractivity contribution >= 4 is 29.2 Å². The third kappa shape index (κ3) is 3.61. The number of carbonyl (C=O) groups is 3. The molecule has 1 amide bonds. The van der Waals surface area contributed by atoms with E-state index >= 15 is 0 Å². The fourth-order valence-electron chi connectivity index (χ4n) is 2.03. The number of Topliss-reactive ketones (excluding diaryl/α,β-unsaturated/α-hetero) is 1. The lowest BCUT2D eigenvalue weighted by molar-refractivity contribution is -0.128. The zero-order valence-corrected chi connectivity index (χ0v) is 12.9. The van der Waals surface area contributed by atoms with Crippen LogP contribution in [-0.2, 0) is 4.79 Å². The summed E-state index contributed by atoms with van der Waals surface area (Å²) >= 11 is 1.35. The predicted molar refractivity (Wildman–Crippen MR) is 83.6 cm³/mol. The molecule has 0 N–H and O–H groups in total. The molecule has 21 heavy (non-hydrogen) atoms. The van der Waals surface area contributed by atoms with Crippen LogP contribution in [-0.4, -0.2) is 42.2 Å². The average molecular weight is 303 g/mol. The van der Waals surface area contributed by atoms with Crippen molar-refractivity contribution in [3.05, 3.63) is 46.4 Å². The number of allylic oxidation sites excluding steroid dienone is 2. The summed E-state index contributed by atoms with van der Waals surface area (Å²) in [6.45, 7) is 0. The lowest BCUT2D eigenvalue weighted by Crippen LogP contribution is -2.21. The molecule has 0 fully saturated rings. The van der Waals surface area contributed by atoms with Gasteiger partial charge in [0.05, 0.1) is 4.91 Å². The number of amides is 1. The maximum absolute atomic E-state index is 12.3. The largest absolute Gasteiger partial charge is 0.349 e. The minimum Gasteiger partial charge on any atom is -0.349 e. The lowest BCUT2D eigenvalue weighted by atomic mass is 9.95. The molecular formula is C16H17NO3S. The van der Waals surface area contributed by atoms with Crippen LogP contribution in [0.1, 0.15) is 33.6 Å². The Bertz CT molecular complexity index is 620. The van der Waals surface area contributed by atoms with Gasteiger partial charge in [-0.15, -0.1) is 11.8 Å². The molecule has 0 aromatic heterocycles. The van der Waals surface area contributed by atoms with Crippen molar-refractivity contribution in [2.75, 3.05) is 19.8 Å². The third-order valence-electron chi connectivity index (χ3n) is 3.21. The molecule has 110 valence electrons. The fourth-order valence-corrected chi connectivity index (χ4v) is 2.97. The van der Waals surface area contributed by atoms with Gasteiger partial charge in [0, 0.05) is 37.7 Å². The summed E-state index contributed by atoms with van der Waals surface area (Å²) < 4.78 is 0. The van der Waals surface area contributed by atoms with E-state index in [4.69, 9.17) is 0 Å². The Labute approximate surface area is 128 Å². The maximum atomic E-state index is 12.3. The Balaban J connectivity index is 1.95. The van der Waals surface area contributed by atoms with Crippen LogP contribution in [0, 0.1) is 0 Å². The molecule has 4 nitrogen and oxygen atoms in total. The second kappa shape index (κ2) is 6.72. The van der Waals surface area contributed by atoms with Gasteiger partial charge in [0.1, 0.15) is 0 Å². The van der Waals surface area contributed by atoms with E-state index in [0.717, 1.165) is 0 Å². The maximum Gasteiger partial charge on any atom is 0.222 e. The summed E-state index contributed by atoms with van der Waals surface area (Å²) in [6.07, 6.45) is 2.54. The van der Waals surface area contributed by atoms with Crippen LogP contribution in [0.4, 0.5) is 0 Å². The summed E-state index contributed by atoms with van der Waals surface area (Å²) in [7, 11) is 3.44. The number of fused-ring (bicyclic) bond motifs is 1. The van der Waals surface area contributed by atoms with Gasteiger partial charge >= 0.3 is 0 Å². The Hall–Kier alpha value is -1.88. The Kier molecular flexibility index (Phi) is 4.96. The van der Waals surface area contributed by atoms with Gasteiger partial charge in [0.2, 0.25) is 5.91 Å². The minimum atomic E-state index is -0.128. The first-order valence-electron chi connectivity index (χ1n) is 6.73. The highest BCUT2D eigenvalue weighted by Gasteiger charge is 2.25. The smallest absolute Gasteiger partial charge is 0.222 e. The second-order valence-corrected chi connectivity index (χ2v) is 6.12. The van der Waals surface area contributed by atoms with E-state index in [1.54, 1.807) is 43.3 Å². The van der Waals surface area contributed by atoms with E-state index in [-0.39, 0.29) is 17.5 Å². The second-order valence-electron chi connectivity index (χ2n) is 4.99. The van der Waals surface area contributed by atoms with Gasteiger partial charge in [-0.25, -0.2) is 0 Å². The van der Waals surface area contributed by atoms with Crippen LogP contribution < -0.4 is 0 Å². The van der Waals surface area contributed by atoms with E-state index in [0.29, 0.717) is 34.6 Å². The molecule has 0 saturated heterocycles. The topological polar surface area (TPSA) is 54.5 Å². The minimum absolute atomic E-state index is 0.0703. The number of nitrogens with zero attached hydrogens (tertiary/aromatic N) is 1. The molecule has 1 aliphatic rings. The molecule has 0 atom stereocenters. The van der Waals surface area contributed by atoms with Crippen LogP contribution >= 0.6 is 11.8 Å². The van der Waals surface area contributed by atoms with Crippen molar-refractivity contribution in [2.45, 2.75) is 12.8 Å². The van der Waals surface area contributed by atoms with Crippen molar-refractivity contribution in [1.82, 2.24) is 4.90 Å². The Morgan fingerprint density at radius 2 is 1.81 bits per heavy atom. The molecule has 2 rings (SSSR count). The molecule has 1 aromatic carbocycles. The molecule has 5 heteroatoms. The van der Waals surface area contributed by atoms with Crippen molar-refractivity contribution in [2.24, 2.45) is 0 Å². The molecule has 0 bridgehead atoms. The number of hydrogen-bond acceptors (Lipinski definition) is 4. The van der Waals surface area contributed by atoms with Gasteiger partial charge in [0.15, 0.2) is 11.6 Å². The highest BCUT2D eigenvalue weighted by molar-refractivity contribution is 8.04. The van der Waals surface area contributed by atoms with E-state index in [1.807, 2.05) is 0 Å². The number of benzene rings is 1. The first kappa shape index (κ1) is 15.5. The van der Waals surface area contributed by atoms with Gasteiger partial charge in [0.25, 0.3) is 0 Å². The lowest BCUT2D eigenvalue weighted by Gasteiger charge is -2.14. The summed E-state index contributed by atoms with van der Waals surface area (Å²) in [5.41, 5.74) is 0.937. The number of thioether (sulfide) groups is 1. The average Bonchev–Trinajstić information content (AvgIpc) is 2.48. The summed E-state index contributed by atoms with van der Waals surface area (Å²) in [5, 5.41) is 0. The highest BCUT2D eigenvalue weighted by atomic mass is 32.2. The van der Waals surface area contributed by atoms with Crippen molar-refractivity contribution in [3.8, 4) is 0 Å². The van der Waals surface area contributed by atoms with Crippen LogP contribution in [0.25, 0.3) is 0 Å². The quantitative estimate of drug-likeness (QED) is 0.784. The van der Waals surface area contributed by atoms with Gasteiger partial charge in [-0.3, -0.25) is 14.4 Å². The third-order valence-corrected chi connectivity index (χ3v) is 4.32. The van der Waals surface area contributed by atoms with E-state index in [2.05, 4.69) is 0 Å². The number of rotatable bonds is 5. The molecule has 0 spiro atoms. The number of hydrogen-bond donors (Lipinski definition) is 0. The van der Waals surface area contributed by atoms with Gasteiger partial charge in [-0.05, 0) is 12.2 Å².